The smallest absolute Gasteiger partial charge is 0.251 e. The van der Waals surface area contributed by atoms with Crippen molar-refractivity contribution in [1.29, 1.82) is 0 Å². The predicted molar refractivity (Wildman–Crippen MR) is 164 cm³/mol. The highest BCUT2D eigenvalue weighted by molar-refractivity contribution is 6.30. The second kappa shape index (κ2) is 12.1. The first-order chi connectivity index (χ1) is 20.3. The van der Waals surface area contributed by atoms with Gasteiger partial charge in [-0.05, 0) is 49.8 Å². The number of hydrogen-bond acceptors (Lipinski definition) is 7. The summed E-state index contributed by atoms with van der Waals surface area (Å²) in [5.41, 5.74) is 2.71. The molecule has 2 unspecified atom stereocenters. The van der Waals surface area contributed by atoms with E-state index in [1.807, 2.05) is 29.2 Å². The first kappa shape index (κ1) is 28.7. The van der Waals surface area contributed by atoms with Crippen LogP contribution in [0.4, 0.5) is 5.82 Å². The number of nitrogens with one attached hydrogen (secondary N) is 1. The molecule has 42 heavy (non-hydrogen) atoms. The van der Waals surface area contributed by atoms with Crippen molar-refractivity contribution in [2.24, 2.45) is 5.92 Å². The zero-order valence-corrected chi connectivity index (χ0v) is 25.1. The number of amides is 1. The molecule has 0 radical (unpaired) electrons. The van der Waals surface area contributed by atoms with E-state index in [2.05, 4.69) is 23.7 Å². The number of carbonyl (C=O) groups excluding carboxylic acids is 1. The molecule has 10 heteroatoms. The number of aromatic nitrogens is 3. The van der Waals surface area contributed by atoms with Gasteiger partial charge in [-0.2, -0.15) is 0 Å². The molecule has 222 valence electrons. The van der Waals surface area contributed by atoms with Crippen molar-refractivity contribution in [2.45, 2.75) is 57.8 Å². The third-order valence-corrected chi connectivity index (χ3v) is 9.34. The van der Waals surface area contributed by atoms with Crippen LogP contribution in [-0.4, -0.2) is 65.2 Å². The van der Waals surface area contributed by atoms with Crippen LogP contribution in [0.5, 0.6) is 0 Å². The summed E-state index contributed by atoms with van der Waals surface area (Å²) in [5.74, 6) is 1.88. The van der Waals surface area contributed by atoms with Gasteiger partial charge in [-0.25, -0.2) is 9.97 Å². The van der Waals surface area contributed by atoms with Crippen LogP contribution < -0.4 is 10.5 Å². The van der Waals surface area contributed by atoms with Gasteiger partial charge in [0.2, 0.25) is 5.91 Å². The van der Waals surface area contributed by atoms with Crippen molar-refractivity contribution in [3.63, 3.8) is 0 Å². The zero-order valence-electron chi connectivity index (χ0n) is 24.3. The Hall–Kier alpha value is -3.43. The molecule has 0 aliphatic carbocycles. The Kier molecular flexibility index (Phi) is 8.23. The number of aryl methyl sites for hydroxylation is 1. The number of furan rings is 1. The summed E-state index contributed by atoms with van der Waals surface area (Å²) in [7, 11) is 0. The quantitative estimate of drug-likeness (QED) is 0.257. The molecule has 6 rings (SSSR count). The molecule has 4 aromatic rings. The number of H-pyrrole nitrogens is 1. The minimum absolute atomic E-state index is 0.0831. The van der Waals surface area contributed by atoms with Crippen LogP contribution in [0.15, 0.2) is 45.7 Å². The zero-order chi connectivity index (χ0) is 29.3. The van der Waals surface area contributed by atoms with Gasteiger partial charge in [-0.1, -0.05) is 37.6 Å². The fourth-order valence-electron chi connectivity index (χ4n) is 6.37. The van der Waals surface area contributed by atoms with Crippen molar-refractivity contribution in [1.82, 2.24) is 19.9 Å². The molecule has 0 saturated carbocycles. The molecule has 2 aliphatic rings. The molecular formula is C32H38ClN5O4. The number of piperidine rings is 1. The molecule has 1 aromatic carbocycles. The summed E-state index contributed by atoms with van der Waals surface area (Å²) in [5, 5.41) is 1.53. The third kappa shape index (κ3) is 5.64. The van der Waals surface area contributed by atoms with E-state index >= 15 is 0 Å². The van der Waals surface area contributed by atoms with Gasteiger partial charge in [-0.3, -0.25) is 9.59 Å². The normalized spacial score (nSPS) is 21.1. The molecule has 0 spiro atoms. The first-order valence-electron chi connectivity index (χ1n) is 15.0. The van der Waals surface area contributed by atoms with E-state index < -0.39 is 0 Å². The topological polar surface area (TPSA) is 105 Å². The Morgan fingerprint density at radius 3 is 2.81 bits per heavy atom. The van der Waals surface area contributed by atoms with Gasteiger partial charge in [-0.15, -0.1) is 0 Å². The second-order valence-corrected chi connectivity index (χ2v) is 12.3. The lowest BCUT2D eigenvalue weighted by Gasteiger charge is -2.44. The molecule has 9 nitrogen and oxygen atoms in total. The van der Waals surface area contributed by atoms with Gasteiger partial charge in [0.15, 0.2) is 11.4 Å². The molecule has 2 atom stereocenters. The fourth-order valence-corrected chi connectivity index (χ4v) is 6.54. The van der Waals surface area contributed by atoms with Crippen LogP contribution in [0.2, 0.25) is 5.02 Å². The Morgan fingerprint density at radius 1 is 1.19 bits per heavy atom. The Morgan fingerprint density at radius 2 is 2.00 bits per heavy atom. The number of nitrogens with zero attached hydrogens (tertiary/aromatic N) is 4. The van der Waals surface area contributed by atoms with E-state index in [9.17, 15) is 9.59 Å². The van der Waals surface area contributed by atoms with Crippen LogP contribution in [0.1, 0.15) is 57.3 Å². The Labute approximate surface area is 250 Å². The third-order valence-electron chi connectivity index (χ3n) is 9.12. The average Bonchev–Trinajstić information content (AvgIpc) is 3.66. The highest BCUT2D eigenvalue weighted by Gasteiger charge is 2.40. The van der Waals surface area contributed by atoms with Crippen LogP contribution >= 0.6 is 11.6 Å². The Balaban J connectivity index is 1.01. The predicted octanol–water partition coefficient (Wildman–Crippen LogP) is 5.48. The average molecular weight is 592 g/mol. The maximum atomic E-state index is 13.0. The number of halogens is 1. The van der Waals surface area contributed by atoms with E-state index in [0.717, 1.165) is 66.1 Å². The molecule has 0 bridgehead atoms. The monoisotopic (exact) mass is 591 g/mol. The number of carbonyl (C=O) groups is 1. The standard InChI is InChI=1S/C32H38ClN5O4/c1-21-20-38(15-12-32(21,2)24-18-22(33)19-34-31(24)40)27(39)11-17-41-16-7-10-26-35-28-23-8-3-4-9-25(23)42-29(28)30(36-26)37-13-5-6-14-37/h3-4,8-9,18-19,21H,5-7,10-17,20H2,1-2H3,(H,34,40). The minimum Gasteiger partial charge on any atom is -0.450 e. The number of anilines is 1. The summed E-state index contributed by atoms with van der Waals surface area (Å²) >= 11 is 6.16. The largest absolute Gasteiger partial charge is 0.450 e. The van der Waals surface area contributed by atoms with Crippen molar-refractivity contribution in [3.8, 4) is 0 Å². The first-order valence-corrected chi connectivity index (χ1v) is 15.4. The number of para-hydroxylation sites is 1. The van der Waals surface area contributed by atoms with Crippen molar-refractivity contribution < 1.29 is 13.9 Å². The van der Waals surface area contributed by atoms with Crippen LogP contribution in [0, 0.1) is 5.92 Å². The number of aromatic amines is 1. The van der Waals surface area contributed by atoms with Crippen LogP contribution in [-0.2, 0) is 21.4 Å². The lowest BCUT2D eigenvalue weighted by molar-refractivity contribution is -0.135. The van der Waals surface area contributed by atoms with Gasteiger partial charge in [0, 0.05) is 61.8 Å². The second-order valence-electron chi connectivity index (χ2n) is 11.9. The highest BCUT2D eigenvalue weighted by Crippen LogP contribution is 2.38. The van der Waals surface area contributed by atoms with Crippen molar-refractivity contribution in [2.75, 3.05) is 44.3 Å². The molecule has 2 aliphatic heterocycles. The number of benzene rings is 1. The van der Waals surface area contributed by atoms with Gasteiger partial charge < -0.3 is 23.9 Å². The van der Waals surface area contributed by atoms with E-state index in [4.69, 9.17) is 30.7 Å². The van der Waals surface area contributed by atoms with Gasteiger partial charge >= 0.3 is 0 Å². The lowest BCUT2D eigenvalue weighted by atomic mass is 9.68. The van der Waals surface area contributed by atoms with E-state index in [1.165, 1.54) is 6.20 Å². The summed E-state index contributed by atoms with van der Waals surface area (Å²) in [6.45, 7) is 8.26. The van der Waals surface area contributed by atoms with E-state index in [1.54, 1.807) is 6.07 Å². The van der Waals surface area contributed by atoms with Gasteiger partial charge in [0.1, 0.15) is 16.9 Å². The van der Waals surface area contributed by atoms with Crippen LogP contribution in [0.25, 0.3) is 22.1 Å². The molecule has 1 amide bonds. The summed E-state index contributed by atoms with van der Waals surface area (Å²) in [6.07, 6.45) is 6.33. The number of fused-ring (bicyclic) bond motifs is 3. The number of hydrogen-bond donors (Lipinski definition) is 1. The van der Waals surface area contributed by atoms with E-state index in [0.29, 0.717) is 56.2 Å². The number of likely N-dealkylation sites (tertiary alicyclic amines) is 1. The van der Waals surface area contributed by atoms with Crippen molar-refractivity contribution >= 4 is 45.4 Å². The Bertz CT molecular complexity index is 1650. The molecular weight excluding hydrogens is 554 g/mol. The van der Waals surface area contributed by atoms with Crippen LogP contribution in [0.3, 0.4) is 0 Å². The summed E-state index contributed by atoms with van der Waals surface area (Å²) in [6, 6.07) is 9.77. The van der Waals surface area contributed by atoms with E-state index in [-0.39, 0.29) is 22.8 Å². The summed E-state index contributed by atoms with van der Waals surface area (Å²) in [4.78, 5) is 42.2. The lowest BCUT2D eigenvalue weighted by Crippen LogP contribution is -2.51. The van der Waals surface area contributed by atoms with Crippen molar-refractivity contribution in [3.05, 3.63) is 63.3 Å². The molecule has 2 saturated heterocycles. The van der Waals surface area contributed by atoms with Gasteiger partial charge in [0.05, 0.1) is 18.1 Å². The maximum Gasteiger partial charge on any atom is 0.251 e. The minimum atomic E-state index is -0.339. The molecule has 2 fully saturated rings. The molecule has 3 aromatic heterocycles. The molecule has 5 heterocycles. The SMILES string of the molecule is CC1CN(C(=O)CCOCCCc2nc(N3CCCC3)c3oc4ccccc4c3n2)CCC1(C)c1cc(Cl)c[nH]c1=O. The number of pyridine rings is 1. The number of rotatable bonds is 9. The number of ether oxygens (including phenoxy) is 1. The summed E-state index contributed by atoms with van der Waals surface area (Å²) < 4.78 is 12.0. The maximum absolute atomic E-state index is 13.0. The van der Waals surface area contributed by atoms with Gasteiger partial charge in [0.25, 0.3) is 5.56 Å². The fraction of sp³-hybridized carbons (Fsp3) is 0.500. The molecule has 1 N–H and O–H groups in total. The highest BCUT2D eigenvalue weighted by atomic mass is 35.5.